The van der Waals surface area contributed by atoms with Crippen molar-refractivity contribution < 1.29 is 4.79 Å². The number of aromatic nitrogens is 1. The third-order valence-electron chi connectivity index (χ3n) is 5.46. The number of hydrogen-bond donors (Lipinski definition) is 1. The van der Waals surface area contributed by atoms with Crippen LogP contribution in [0, 0.1) is 31.1 Å². The molecule has 136 valence electrons. The molecule has 0 aliphatic carbocycles. The van der Waals surface area contributed by atoms with Crippen LogP contribution in [0.4, 0.5) is 0 Å². The molecule has 2 heterocycles. The second-order valence-electron chi connectivity index (χ2n) is 7.17. The molecule has 1 aromatic rings. The first-order chi connectivity index (χ1) is 11.8. The number of nitrogens with one attached hydrogen (secondary N) is 1. The number of nitrogens with zero attached hydrogens (tertiary/aromatic N) is 3. The number of aryl methyl sites for hydroxylation is 1. The smallest absolute Gasteiger partial charge is 0.266 e. The van der Waals surface area contributed by atoms with Gasteiger partial charge in [0.15, 0.2) is 0 Å². The molecular weight excluding hydrogens is 316 g/mol. The van der Waals surface area contributed by atoms with E-state index in [2.05, 4.69) is 30.9 Å². The van der Waals surface area contributed by atoms with Gasteiger partial charge in [-0.3, -0.25) is 9.59 Å². The van der Waals surface area contributed by atoms with E-state index in [-0.39, 0.29) is 17.0 Å². The number of H-pyrrole nitrogens is 1. The lowest BCUT2D eigenvalue weighted by atomic mass is 9.99. The average molecular weight is 344 g/mol. The first kappa shape index (κ1) is 19.2. The Morgan fingerprint density at radius 3 is 2.56 bits per heavy atom. The van der Waals surface area contributed by atoms with Gasteiger partial charge in [0, 0.05) is 31.2 Å². The molecule has 0 saturated carbocycles. The van der Waals surface area contributed by atoms with Crippen molar-refractivity contribution in [3.05, 3.63) is 32.7 Å². The first-order valence-electron chi connectivity index (χ1n) is 8.86. The molecule has 0 bridgehead atoms. The van der Waals surface area contributed by atoms with Crippen LogP contribution in [-0.4, -0.2) is 53.9 Å². The molecule has 0 spiro atoms. The highest BCUT2D eigenvalue weighted by Crippen LogP contribution is 2.24. The zero-order chi connectivity index (χ0) is 18.7. The number of likely N-dealkylation sites (tertiary alicyclic amines) is 1. The van der Waals surface area contributed by atoms with Crippen LogP contribution in [0.15, 0.2) is 4.79 Å². The minimum Gasteiger partial charge on any atom is -0.341 e. The number of amides is 1. The molecule has 1 saturated heterocycles. The zero-order valence-corrected chi connectivity index (χ0v) is 15.8. The fraction of sp³-hybridized carbons (Fsp3) is 0.632. The van der Waals surface area contributed by atoms with Crippen molar-refractivity contribution in [1.29, 1.82) is 5.26 Å². The van der Waals surface area contributed by atoms with Gasteiger partial charge in [0.2, 0.25) is 5.91 Å². The summed E-state index contributed by atoms with van der Waals surface area (Å²) in [6.45, 7) is 7.36. The maximum absolute atomic E-state index is 12.7. The van der Waals surface area contributed by atoms with Crippen LogP contribution in [0.5, 0.6) is 0 Å². The molecule has 0 unspecified atom stereocenters. The quantitative estimate of drug-likeness (QED) is 0.880. The molecule has 1 aromatic heterocycles. The number of hydrogen-bond acceptors (Lipinski definition) is 4. The van der Waals surface area contributed by atoms with Gasteiger partial charge in [-0.15, -0.1) is 0 Å². The van der Waals surface area contributed by atoms with Crippen molar-refractivity contribution in [3.63, 3.8) is 0 Å². The Labute approximate surface area is 149 Å². The summed E-state index contributed by atoms with van der Waals surface area (Å²) in [6, 6.07) is 2.37. The van der Waals surface area contributed by atoms with Crippen LogP contribution in [0.1, 0.15) is 42.1 Å². The topological polar surface area (TPSA) is 80.2 Å². The third-order valence-corrected chi connectivity index (χ3v) is 5.46. The zero-order valence-electron chi connectivity index (χ0n) is 15.8. The van der Waals surface area contributed by atoms with E-state index in [1.807, 2.05) is 17.9 Å². The summed E-state index contributed by atoms with van der Waals surface area (Å²) in [7, 11) is 4.13. The van der Waals surface area contributed by atoms with Gasteiger partial charge in [0.1, 0.15) is 11.6 Å². The van der Waals surface area contributed by atoms with E-state index in [0.29, 0.717) is 30.4 Å². The number of aromatic amines is 1. The summed E-state index contributed by atoms with van der Waals surface area (Å²) < 4.78 is 0. The van der Waals surface area contributed by atoms with Gasteiger partial charge >= 0.3 is 0 Å². The van der Waals surface area contributed by atoms with E-state index in [0.717, 1.165) is 30.8 Å². The maximum Gasteiger partial charge on any atom is 0.266 e. The number of rotatable bonds is 5. The third kappa shape index (κ3) is 3.93. The Morgan fingerprint density at radius 1 is 1.36 bits per heavy atom. The second-order valence-corrected chi connectivity index (χ2v) is 7.17. The van der Waals surface area contributed by atoms with Gasteiger partial charge < -0.3 is 14.8 Å². The highest BCUT2D eigenvalue weighted by atomic mass is 16.2. The molecule has 6 heteroatoms. The van der Waals surface area contributed by atoms with Crippen molar-refractivity contribution in [3.8, 4) is 6.07 Å². The van der Waals surface area contributed by atoms with E-state index < -0.39 is 0 Å². The molecule has 0 aromatic carbocycles. The average Bonchev–Trinajstić information content (AvgIpc) is 2.99. The van der Waals surface area contributed by atoms with Gasteiger partial charge in [-0.05, 0) is 51.4 Å². The molecule has 1 N–H and O–H groups in total. The highest BCUT2D eigenvalue weighted by molar-refractivity contribution is 5.77. The molecule has 25 heavy (non-hydrogen) atoms. The molecule has 1 amide bonds. The number of carbonyl (C=O) groups excluding carboxylic acids is 1. The number of pyridine rings is 1. The highest BCUT2D eigenvalue weighted by Gasteiger charge is 2.35. The molecule has 1 aliphatic heterocycles. The fourth-order valence-electron chi connectivity index (χ4n) is 3.85. The van der Waals surface area contributed by atoms with E-state index in [4.69, 9.17) is 5.26 Å². The largest absolute Gasteiger partial charge is 0.341 e. The van der Waals surface area contributed by atoms with E-state index in [9.17, 15) is 9.59 Å². The Hall–Kier alpha value is -2.13. The van der Waals surface area contributed by atoms with Crippen LogP contribution >= 0.6 is 0 Å². The number of nitriles is 1. The van der Waals surface area contributed by atoms with Crippen LogP contribution in [0.2, 0.25) is 0 Å². The Balaban J connectivity index is 2.09. The molecule has 1 fully saturated rings. The summed E-state index contributed by atoms with van der Waals surface area (Å²) in [4.78, 5) is 31.4. The summed E-state index contributed by atoms with van der Waals surface area (Å²) in [5.41, 5.74) is 2.13. The second kappa shape index (κ2) is 7.83. The molecule has 2 atom stereocenters. The van der Waals surface area contributed by atoms with Crippen molar-refractivity contribution >= 4 is 5.91 Å². The van der Waals surface area contributed by atoms with Gasteiger partial charge in [-0.25, -0.2) is 0 Å². The Kier molecular flexibility index (Phi) is 6.02. The predicted octanol–water partition coefficient (Wildman–Crippen LogP) is 1.59. The van der Waals surface area contributed by atoms with Crippen molar-refractivity contribution in [1.82, 2.24) is 14.8 Å². The van der Waals surface area contributed by atoms with Crippen LogP contribution < -0.4 is 5.56 Å². The maximum atomic E-state index is 12.7. The predicted molar refractivity (Wildman–Crippen MR) is 97.4 cm³/mol. The SMILES string of the molecule is CC[C@H]1CN(C(=O)CCc2c(C)[nH]c(=O)c(C#N)c2C)C[C@@H]1N(C)C. The standard InChI is InChI=1S/C19H28N4O2/c1-6-14-10-23(11-17(14)22(4)5)18(24)8-7-15-12(2)16(9-20)19(25)21-13(15)3/h14,17H,6-8,10-11H2,1-5H3,(H,21,25)/t14-,17-/m0/s1. The Bertz CT molecular complexity index is 745. The fourth-order valence-corrected chi connectivity index (χ4v) is 3.85. The summed E-state index contributed by atoms with van der Waals surface area (Å²) in [5.74, 6) is 0.659. The minimum atomic E-state index is -0.355. The molecule has 0 radical (unpaired) electrons. The lowest BCUT2D eigenvalue weighted by Gasteiger charge is -2.23. The van der Waals surface area contributed by atoms with Gasteiger partial charge in [-0.2, -0.15) is 5.26 Å². The minimum absolute atomic E-state index is 0.145. The van der Waals surface area contributed by atoms with Crippen molar-refractivity contribution in [2.45, 2.75) is 46.1 Å². The summed E-state index contributed by atoms with van der Waals surface area (Å²) in [6.07, 6.45) is 2.01. The summed E-state index contributed by atoms with van der Waals surface area (Å²) >= 11 is 0. The lowest BCUT2D eigenvalue weighted by Crippen LogP contribution is -2.36. The Morgan fingerprint density at radius 2 is 2.04 bits per heavy atom. The van der Waals surface area contributed by atoms with E-state index in [1.54, 1.807) is 6.92 Å². The lowest BCUT2D eigenvalue weighted by molar-refractivity contribution is -0.130. The van der Waals surface area contributed by atoms with Gasteiger partial charge in [0.25, 0.3) is 5.56 Å². The number of carbonyl (C=O) groups is 1. The van der Waals surface area contributed by atoms with Crippen LogP contribution in [0.25, 0.3) is 0 Å². The van der Waals surface area contributed by atoms with Gasteiger partial charge in [0.05, 0.1) is 0 Å². The normalized spacial score (nSPS) is 20.1. The van der Waals surface area contributed by atoms with Crippen LogP contribution in [-0.2, 0) is 11.2 Å². The molecule has 6 nitrogen and oxygen atoms in total. The van der Waals surface area contributed by atoms with E-state index >= 15 is 0 Å². The molecule has 2 rings (SSSR count). The van der Waals surface area contributed by atoms with Crippen LogP contribution in [0.3, 0.4) is 0 Å². The summed E-state index contributed by atoms with van der Waals surface area (Å²) in [5, 5.41) is 9.15. The molecule has 1 aliphatic rings. The van der Waals surface area contributed by atoms with Crippen molar-refractivity contribution in [2.75, 3.05) is 27.2 Å². The number of likely N-dealkylation sites (N-methyl/N-ethyl adjacent to an activating group) is 1. The van der Waals surface area contributed by atoms with E-state index in [1.165, 1.54) is 0 Å². The van der Waals surface area contributed by atoms with Crippen molar-refractivity contribution in [2.24, 2.45) is 5.92 Å². The van der Waals surface area contributed by atoms with Gasteiger partial charge in [-0.1, -0.05) is 13.3 Å². The molecular formula is C19H28N4O2. The first-order valence-corrected chi connectivity index (χ1v) is 8.86. The monoisotopic (exact) mass is 344 g/mol.